The SMILES string of the molecule is COc1ccc(C2C(C(=O)Nc3cccnc3)=C(C)Nc3ncnn32)cc1. The van der Waals surface area contributed by atoms with E-state index in [0.717, 1.165) is 17.0 Å². The minimum absolute atomic E-state index is 0.227. The first-order valence-electron chi connectivity index (χ1n) is 8.40. The van der Waals surface area contributed by atoms with E-state index in [1.54, 1.807) is 36.3 Å². The summed E-state index contributed by atoms with van der Waals surface area (Å²) in [5.74, 6) is 1.11. The van der Waals surface area contributed by atoms with E-state index in [4.69, 9.17) is 4.74 Å². The lowest BCUT2D eigenvalue weighted by atomic mass is 9.95. The zero-order valence-electron chi connectivity index (χ0n) is 14.9. The predicted octanol–water partition coefficient (Wildman–Crippen LogP) is 2.61. The number of benzene rings is 1. The van der Waals surface area contributed by atoms with Crippen LogP contribution < -0.4 is 15.4 Å². The van der Waals surface area contributed by atoms with E-state index in [0.29, 0.717) is 17.2 Å². The van der Waals surface area contributed by atoms with Crippen LogP contribution in [-0.2, 0) is 4.79 Å². The van der Waals surface area contributed by atoms with Gasteiger partial charge >= 0.3 is 0 Å². The van der Waals surface area contributed by atoms with Crippen molar-refractivity contribution < 1.29 is 9.53 Å². The average molecular weight is 362 g/mol. The average Bonchev–Trinajstić information content (AvgIpc) is 3.15. The fourth-order valence-corrected chi connectivity index (χ4v) is 3.11. The molecule has 8 nitrogen and oxygen atoms in total. The Morgan fingerprint density at radius 3 is 2.78 bits per heavy atom. The zero-order chi connectivity index (χ0) is 18.8. The first-order chi connectivity index (χ1) is 13.2. The highest BCUT2D eigenvalue weighted by Gasteiger charge is 2.33. The first-order valence-corrected chi connectivity index (χ1v) is 8.40. The quantitative estimate of drug-likeness (QED) is 0.741. The van der Waals surface area contributed by atoms with Crippen LogP contribution in [0.2, 0.25) is 0 Å². The Labute approximate surface area is 155 Å². The number of nitrogens with one attached hydrogen (secondary N) is 2. The van der Waals surface area contributed by atoms with Crippen LogP contribution in [0.4, 0.5) is 11.6 Å². The van der Waals surface area contributed by atoms with Gasteiger partial charge in [0, 0.05) is 11.9 Å². The number of hydrogen-bond acceptors (Lipinski definition) is 6. The topological polar surface area (TPSA) is 94.0 Å². The van der Waals surface area contributed by atoms with Gasteiger partial charge in [0.15, 0.2) is 0 Å². The van der Waals surface area contributed by atoms with Crippen molar-refractivity contribution in [2.45, 2.75) is 13.0 Å². The predicted molar refractivity (Wildman–Crippen MR) is 100 cm³/mol. The summed E-state index contributed by atoms with van der Waals surface area (Å²) in [6, 6.07) is 10.7. The fraction of sp³-hybridized carbons (Fsp3) is 0.158. The largest absolute Gasteiger partial charge is 0.497 e. The normalized spacial score (nSPS) is 15.7. The highest BCUT2D eigenvalue weighted by molar-refractivity contribution is 6.05. The maximum absolute atomic E-state index is 13.1. The maximum atomic E-state index is 13.1. The van der Waals surface area contributed by atoms with Gasteiger partial charge in [-0.1, -0.05) is 12.1 Å². The number of nitrogens with zero attached hydrogens (tertiary/aromatic N) is 4. The molecule has 1 aliphatic rings. The number of carbonyl (C=O) groups excluding carboxylic acids is 1. The zero-order valence-corrected chi connectivity index (χ0v) is 14.9. The first kappa shape index (κ1) is 16.8. The molecule has 0 spiro atoms. The third-order valence-corrected chi connectivity index (χ3v) is 4.39. The molecule has 0 saturated carbocycles. The Morgan fingerprint density at radius 2 is 2.07 bits per heavy atom. The maximum Gasteiger partial charge on any atom is 0.255 e. The van der Waals surface area contributed by atoms with E-state index >= 15 is 0 Å². The molecule has 1 unspecified atom stereocenters. The molecule has 27 heavy (non-hydrogen) atoms. The van der Waals surface area contributed by atoms with Gasteiger partial charge in [-0.25, -0.2) is 4.68 Å². The van der Waals surface area contributed by atoms with Gasteiger partial charge < -0.3 is 15.4 Å². The molecule has 2 aromatic heterocycles. The molecule has 1 aliphatic heterocycles. The number of aromatic nitrogens is 4. The molecule has 0 saturated heterocycles. The highest BCUT2D eigenvalue weighted by Crippen LogP contribution is 2.35. The molecular weight excluding hydrogens is 344 g/mol. The molecule has 0 fully saturated rings. The molecule has 8 heteroatoms. The molecule has 136 valence electrons. The third kappa shape index (κ3) is 3.12. The molecule has 1 amide bonds. The molecule has 2 N–H and O–H groups in total. The monoisotopic (exact) mass is 362 g/mol. The van der Waals surface area contributed by atoms with Crippen molar-refractivity contribution in [3.8, 4) is 5.75 Å². The Morgan fingerprint density at radius 1 is 1.26 bits per heavy atom. The van der Waals surface area contributed by atoms with Crippen molar-refractivity contribution >= 4 is 17.5 Å². The number of pyridine rings is 1. The lowest BCUT2D eigenvalue weighted by Crippen LogP contribution is -2.31. The van der Waals surface area contributed by atoms with Crippen molar-refractivity contribution in [1.29, 1.82) is 0 Å². The van der Waals surface area contributed by atoms with E-state index in [1.807, 2.05) is 31.2 Å². The van der Waals surface area contributed by atoms with Gasteiger partial charge in [-0.05, 0) is 36.8 Å². The van der Waals surface area contributed by atoms with Gasteiger partial charge in [0.1, 0.15) is 18.1 Å². The van der Waals surface area contributed by atoms with Gasteiger partial charge in [-0.15, -0.1) is 0 Å². The summed E-state index contributed by atoms with van der Waals surface area (Å²) in [6.45, 7) is 1.85. The van der Waals surface area contributed by atoms with Crippen LogP contribution in [0, 0.1) is 0 Å². The number of rotatable bonds is 4. The summed E-state index contributed by atoms with van der Waals surface area (Å²) >= 11 is 0. The molecular formula is C19H18N6O2. The Hall–Kier alpha value is -3.68. The minimum Gasteiger partial charge on any atom is -0.497 e. The van der Waals surface area contributed by atoms with Crippen molar-refractivity contribution in [2.24, 2.45) is 0 Å². The summed E-state index contributed by atoms with van der Waals surface area (Å²) in [5.41, 5.74) is 2.81. The number of anilines is 2. The summed E-state index contributed by atoms with van der Waals surface area (Å²) in [7, 11) is 1.62. The van der Waals surface area contributed by atoms with Crippen LogP contribution in [-0.4, -0.2) is 32.8 Å². The van der Waals surface area contributed by atoms with Crippen molar-refractivity contribution in [3.63, 3.8) is 0 Å². The fourth-order valence-electron chi connectivity index (χ4n) is 3.11. The van der Waals surface area contributed by atoms with E-state index in [-0.39, 0.29) is 5.91 Å². The molecule has 0 bridgehead atoms. The second-order valence-electron chi connectivity index (χ2n) is 6.06. The molecule has 3 heterocycles. The second-order valence-corrected chi connectivity index (χ2v) is 6.06. The lowest BCUT2D eigenvalue weighted by Gasteiger charge is -2.28. The molecule has 4 rings (SSSR count). The highest BCUT2D eigenvalue weighted by atomic mass is 16.5. The van der Waals surface area contributed by atoms with Crippen LogP contribution in [0.1, 0.15) is 18.5 Å². The van der Waals surface area contributed by atoms with Crippen molar-refractivity contribution in [2.75, 3.05) is 17.7 Å². The van der Waals surface area contributed by atoms with Gasteiger partial charge in [0.25, 0.3) is 5.91 Å². The van der Waals surface area contributed by atoms with Crippen LogP contribution >= 0.6 is 0 Å². The minimum atomic E-state index is -0.411. The summed E-state index contributed by atoms with van der Waals surface area (Å²) in [5, 5.41) is 10.4. The molecule has 1 aromatic carbocycles. The number of allylic oxidation sites excluding steroid dienone is 1. The number of carbonyl (C=O) groups is 1. The Bertz CT molecular complexity index is 995. The van der Waals surface area contributed by atoms with Crippen LogP contribution in [0.3, 0.4) is 0 Å². The van der Waals surface area contributed by atoms with Crippen molar-refractivity contribution in [1.82, 2.24) is 19.7 Å². The number of methoxy groups -OCH3 is 1. The second kappa shape index (κ2) is 6.91. The lowest BCUT2D eigenvalue weighted by molar-refractivity contribution is -0.113. The van der Waals surface area contributed by atoms with Crippen molar-refractivity contribution in [3.05, 3.63) is 72.0 Å². The molecule has 1 atom stereocenters. The van der Waals surface area contributed by atoms with E-state index in [9.17, 15) is 4.79 Å². The van der Waals surface area contributed by atoms with Crippen LogP contribution in [0.5, 0.6) is 5.75 Å². The van der Waals surface area contributed by atoms with E-state index in [2.05, 4.69) is 25.7 Å². The summed E-state index contributed by atoms with van der Waals surface area (Å²) in [4.78, 5) is 21.4. The molecule has 0 aliphatic carbocycles. The Balaban J connectivity index is 1.75. The van der Waals surface area contributed by atoms with Crippen LogP contribution in [0.25, 0.3) is 0 Å². The van der Waals surface area contributed by atoms with E-state index < -0.39 is 6.04 Å². The van der Waals surface area contributed by atoms with Gasteiger partial charge in [0.05, 0.1) is 24.6 Å². The molecule has 3 aromatic rings. The number of fused-ring (bicyclic) bond motifs is 1. The van der Waals surface area contributed by atoms with E-state index in [1.165, 1.54) is 6.33 Å². The summed E-state index contributed by atoms with van der Waals surface area (Å²) in [6.07, 6.45) is 4.73. The van der Waals surface area contributed by atoms with Gasteiger partial charge in [-0.2, -0.15) is 10.1 Å². The number of ether oxygens (including phenoxy) is 1. The van der Waals surface area contributed by atoms with Gasteiger partial charge in [0.2, 0.25) is 5.95 Å². The van der Waals surface area contributed by atoms with Gasteiger partial charge in [-0.3, -0.25) is 9.78 Å². The van der Waals surface area contributed by atoms with Crippen LogP contribution in [0.15, 0.2) is 66.4 Å². The third-order valence-electron chi connectivity index (χ3n) is 4.39. The Kier molecular flexibility index (Phi) is 4.29. The standard InChI is InChI=1S/C19H18N6O2/c1-12-16(18(26)24-14-4-3-9-20-10-14)17(25-19(23-12)21-11-22-25)13-5-7-15(27-2)8-6-13/h3-11,17H,1-2H3,(H,24,26)(H,21,22,23). The summed E-state index contributed by atoms with van der Waals surface area (Å²) < 4.78 is 6.94. The smallest absolute Gasteiger partial charge is 0.255 e. The number of amides is 1. The number of hydrogen-bond donors (Lipinski definition) is 2. The molecule has 0 radical (unpaired) electrons.